The van der Waals surface area contributed by atoms with Crippen molar-refractivity contribution >= 4 is 23.6 Å². The van der Waals surface area contributed by atoms with E-state index in [1.54, 1.807) is 4.90 Å². The lowest BCUT2D eigenvalue weighted by Gasteiger charge is -2.27. The fraction of sp³-hybridized carbons (Fsp3) is 0.778. The van der Waals surface area contributed by atoms with Gasteiger partial charge in [0.15, 0.2) is 0 Å². The van der Waals surface area contributed by atoms with Crippen LogP contribution in [-0.4, -0.2) is 47.4 Å². The number of hydrogen-bond donors (Lipinski definition) is 1. The Kier molecular flexibility index (Phi) is 4.25. The standard InChI is InChI=1S/C9H16N2O2S/c1-3-11(4-2)9(13)7-5-14-6-8(12)10-7/h7H,3-6H2,1-2H3,(H,10,12). The quantitative estimate of drug-likeness (QED) is 0.727. The number of hydrogen-bond acceptors (Lipinski definition) is 3. The van der Waals surface area contributed by atoms with E-state index in [9.17, 15) is 9.59 Å². The predicted octanol–water partition coefficient (Wildman–Crippen LogP) is 0.0864. The summed E-state index contributed by atoms with van der Waals surface area (Å²) < 4.78 is 0. The molecule has 0 radical (unpaired) electrons. The molecule has 1 fully saturated rings. The van der Waals surface area contributed by atoms with Crippen LogP contribution in [0.5, 0.6) is 0 Å². The van der Waals surface area contributed by atoms with Crippen molar-refractivity contribution in [3.05, 3.63) is 0 Å². The lowest BCUT2D eigenvalue weighted by Crippen LogP contribution is -2.52. The highest BCUT2D eigenvalue weighted by molar-refractivity contribution is 8.00. The summed E-state index contributed by atoms with van der Waals surface area (Å²) in [5.41, 5.74) is 0. The van der Waals surface area contributed by atoms with E-state index in [4.69, 9.17) is 0 Å². The average Bonchev–Trinajstić information content (AvgIpc) is 2.19. The van der Waals surface area contributed by atoms with Crippen molar-refractivity contribution in [2.75, 3.05) is 24.6 Å². The first-order valence-corrected chi connectivity index (χ1v) is 6.00. The van der Waals surface area contributed by atoms with Gasteiger partial charge in [-0.15, -0.1) is 11.8 Å². The topological polar surface area (TPSA) is 49.4 Å². The van der Waals surface area contributed by atoms with Gasteiger partial charge in [0.25, 0.3) is 0 Å². The molecule has 1 aliphatic heterocycles. The minimum atomic E-state index is -0.318. The third kappa shape index (κ3) is 2.64. The summed E-state index contributed by atoms with van der Waals surface area (Å²) in [6.45, 7) is 5.29. The second-order valence-corrected chi connectivity index (χ2v) is 4.18. The maximum Gasteiger partial charge on any atom is 0.245 e. The molecule has 0 aromatic carbocycles. The van der Waals surface area contributed by atoms with Crippen molar-refractivity contribution < 1.29 is 9.59 Å². The molecule has 14 heavy (non-hydrogen) atoms. The van der Waals surface area contributed by atoms with E-state index in [1.165, 1.54) is 11.8 Å². The van der Waals surface area contributed by atoms with Crippen LogP contribution in [0.1, 0.15) is 13.8 Å². The Bertz CT molecular complexity index is 229. The maximum absolute atomic E-state index is 11.8. The van der Waals surface area contributed by atoms with Gasteiger partial charge in [0.1, 0.15) is 6.04 Å². The Labute approximate surface area is 88.4 Å². The van der Waals surface area contributed by atoms with Crippen LogP contribution in [0.25, 0.3) is 0 Å². The van der Waals surface area contributed by atoms with Crippen LogP contribution in [0, 0.1) is 0 Å². The first-order valence-electron chi connectivity index (χ1n) is 4.85. The van der Waals surface area contributed by atoms with Crippen molar-refractivity contribution in [1.29, 1.82) is 0 Å². The molecule has 1 rings (SSSR count). The highest BCUT2D eigenvalue weighted by Crippen LogP contribution is 2.10. The molecular weight excluding hydrogens is 200 g/mol. The van der Waals surface area contributed by atoms with E-state index < -0.39 is 0 Å². The van der Waals surface area contributed by atoms with Crippen LogP contribution in [0.2, 0.25) is 0 Å². The monoisotopic (exact) mass is 216 g/mol. The summed E-state index contributed by atoms with van der Waals surface area (Å²) in [5.74, 6) is 1.17. The van der Waals surface area contributed by atoms with Crippen LogP contribution in [-0.2, 0) is 9.59 Å². The number of nitrogens with zero attached hydrogens (tertiary/aromatic N) is 1. The van der Waals surface area contributed by atoms with Crippen LogP contribution >= 0.6 is 11.8 Å². The van der Waals surface area contributed by atoms with Crippen molar-refractivity contribution in [1.82, 2.24) is 10.2 Å². The molecule has 1 saturated heterocycles. The Balaban J connectivity index is 2.54. The molecule has 0 spiro atoms. The summed E-state index contributed by atoms with van der Waals surface area (Å²) in [5, 5.41) is 2.71. The van der Waals surface area contributed by atoms with E-state index in [2.05, 4.69) is 5.32 Å². The number of likely N-dealkylation sites (N-methyl/N-ethyl adjacent to an activating group) is 1. The normalized spacial score (nSPS) is 21.6. The zero-order valence-electron chi connectivity index (χ0n) is 8.58. The van der Waals surface area contributed by atoms with Crippen molar-refractivity contribution in [2.24, 2.45) is 0 Å². The van der Waals surface area contributed by atoms with Gasteiger partial charge in [0.05, 0.1) is 5.75 Å². The largest absolute Gasteiger partial charge is 0.343 e. The SMILES string of the molecule is CCN(CC)C(=O)C1CSCC(=O)N1. The summed E-state index contributed by atoms with van der Waals surface area (Å²) in [6, 6.07) is -0.318. The van der Waals surface area contributed by atoms with E-state index in [-0.39, 0.29) is 17.9 Å². The zero-order chi connectivity index (χ0) is 10.6. The summed E-state index contributed by atoms with van der Waals surface area (Å²) in [7, 11) is 0. The van der Waals surface area contributed by atoms with Crippen LogP contribution in [0.4, 0.5) is 0 Å². The molecule has 0 aromatic heterocycles. The highest BCUT2D eigenvalue weighted by atomic mass is 32.2. The van der Waals surface area contributed by atoms with Gasteiger partial charge in [0, 0.05) is 18.8 Å². The molecule has 0 bridgehead atoms. The van der Waals surface area contributed by atoms with Crippen LogP contribution < -0.4 is 5.32 Å². The molecule has 80 valence electrons. The van der Waals surface area contributed by atoms with Gasteiger partial charge >= 0.3 is 0 Å². The van der Waals surface area contributed by atoms with Gasteiger partial charge in [-0.05, 0) is 13.8 Å². The average molecular weight is 216 g/mol. The fourth-order valence-corrected chi connectivity index (χ4v) is 2.28. The highest BCUT2D eigenvalue weighted by Gasteiger charge is 2.27. The number of carbonyl (C=O) groups excluding carboxylic acids is 2. The Morgan fingerprint density at radius 2 is 2.21 bits per heavy atom. The van der Waals surface area contributed by atoms with E-state index in [1.807, 2.05) is 13.8 Å². The lowest BCUT2D eigenvalue weighted by atomic mass is 10.2. The molecular formula is C9H16N2O2S. The number of amides is 2. The molecule has 2 amide bonds. The molecule has 4 nitrogen and oxygen atoms in total. The van der Waals surface area contributed by atoms with Gasteiger partial charge in [-0.3, -0.25) is 9.59 Å². The van der Waals surface area contributed by atoms with Gasteiger partial charge in [0.2, 0.25) is 11.8 Å². The van der Waals surface area contributed by atoms with E-state index in [0.29, 0.717) is 24.6 Å². The first-order chi connectivity index (χ1) is 6.69. The summed E-state index contributed by atoms with van der Waals surface area (Å²) >= 11 is 1.52. The van der Waals surface area contributed by atoms with Gasteiger partial charge < -0.3 is 10.2 Å². The third-order valence-electron chi connectivity index (χ3n) is 2.23. The third-order valence-corrected chi connectivity index (χ3v) is 3.26. The van der Waals surface area contributed by atoms with Crippen molar-refractivity contribution in [3.8, 4) is 0 Å². The van der Waals surface area contributed by atoms with Crippen molar-refractivity contribution in [2.45, 2.75) is 19.9 Å². The van der Waals surface area contributed by atoms with Crippen LogP contribution in [0.3, 0.4) is 0 Å². The maximum atomic E-state index is 11.8. The molecule has 1 heterocycles. The predicted molar refractivity (Wildman–Crippen MR) is 57.2 cm³/mol. The van der Waals surface area contributed by atoms with Gasteiger partial charge in [-0.1, -0.05) is 0 Å². The summed E-state index contributed by atoms with van der Waals surface area (Å²) in [6.07, 6.45) is 0. The Morgan fingerprint density at radius 1 is 1.57 bits per heavy atom. The lowest BCUT2D eigenvalue weighted by molar-refractivity contribution is -0.135. The molecule has 0 aromatic rings. The van der Waals surface area contributed by atoms with E-state index in [0.717, 1.165) is 0 Å². The summed E-state index contributed by atoms with van der Waals surface area (Å²) in [4.78, 5) is 24.6. The molecule has 1 unspecified atom stereocenters. The molecule has 1 N–H and O–H groups in total. The van der Waals surface area contributed by atoms with Gasteiger partial charge in [-0.25, -0.2) is 0 Å². The molecule has 1 aliphatic rings. The second-order valence-electron chi connectivity index (χ2n) is 3.15. The molecule has 5 heteroatoms. The Morgan fingerprint density at radius 3 is 2.71 bits per heavy atom. The Hall–Kier alpha value is -0.710. The van der Waals surface area contributed by atoms with Gasteiger partial charge in [-0.2, -0.15) is 0 Å². The molecule has 0 saturated carbocycles. The first kappa shape index (κ1) is 11.4. The number of thioether (sulfide) groups is 1. The minimum absolute atomic E-state index is 0.0354. The second kappa shape index (κ2) is 5.24. The number of nitrogens with one attached hydrogen (secondary N) is 1. The van der Waals surface area contributed by atoms with Crippen LogP contribution in [0.15, 0.2) is 0 Å². The smallest absolute Gasteiger partial charge is 0.245 e. The molecule has 0 aliphatic carbocycles. The minimum Gasteiger partial charge on any atom is -0.343 e. The number of carbonyl (C=O) groups is 2. The van der Waals surface area contributed by atoms with Crippen molar-refractivity contribution in [3.63, 3.8) is 0 Å². The molecule has 1 atom stereocenters. The number of rotatable bonds is 3. The van der Waals surface area contributed by atoms with E-state index >= 15 is 0 Å². The zero-order valence-corrected chi connectivity index (χ0v) is 9.39. The fourth-order valence-electron chi connectivity index (χ4n) is 1.44.